The van der Waals surface area contributed by atoms with Gasteiger partial charge < -0.3 is 14.4 Å². The number of carbonyl (C=O) groups excluding carboxylic acids is 1. The van der Waals surface area contributed by atoms with Gasteiger partial charge in [-0.25, -0.2) is 9.18 Å². The minimum atomic E-state index is -0.557. The van der Waals surface area contributed by atoms with Gasteiger partial charge in [-0.15, -0.1) is 0 Å². The van der Waals surface area contributed by atoms with E-state index >= 15 is 0 Å². The van der Waals surface area contributed by atoms with Gasteiger partial charge in [0.05, 0.1) is 11.6 Å². The molecular weight excluding hydrogens is 407 g/mol. The molecule has 0 bridgehead atoms. The number of rotatable bonds is 2. The van der Waals surface area contributed by atoms with Gasteiger partial charge in [0.15, 0.2) is 0 Å². The number of ether oxygens (including phenoxy) is 2. The van der Waals surface area contributed by atoms with Crippen molar-refractivity contribution in [3.63, 3.8) is 0 Å². The van der Waals surface area contributed by atoms with Crippen molar-refractivity contribution >= 4 is 12.2 Å². The van der Waals surface area contributed by atoms with Crippen molar-refractivity contribution in [2.24, 2.45) is 0 Å². The number of nitriles is 1. The Bertz CT molecular complexity index is 1090. The number of carbonyl (C=O) groups is 1. The van der Waals surface area contributed by atoms with Crippen LogP contribution in [0.2, 0.25) is 0 Å². The van der Waals surface area contributed by atoms with Gasteiger partial charge in [0.25, 0.3) is 0 Å². The molecule has 2 aliphatic rings. The molecule has 0 radical (unpaired) electrons. The predicted octanol–water partition coefficient (Wildman–Crippen LogP) is 5.96. The Hall–Kier alpha value is -3.33. The summed E-state index contributed by atoms with van der Waals surface area (Å²) in [4.78, 5) is 14.1. The fourth-order valence-electron chi connectivity index (χ4n) is 4.21. The Labute approximate surface area is 188 Å². The van der Waals surface area contributed by atoms with Gasteiger partial charge in [0.1, 0.15) is 23.3 Å². The van der Waals surface area contributed by atoms with E-state index < -0.39 is 17.5 Å². The molecule has 4 rings (SSSR count). The number of para-hydroxylation sites is 1. The zero-order valence-electron chi connectivity index (χ0n) is 18.6. The monoisotopic (exact) mass is 434 g/mol. The molecule has 0 aliphatic carbocycles. The number of piperidine rings is 1. The van der Waals surface area contributed by atoms with E-state index in [0.717, 1.165) is 29.7 Å². The molecule has 2 heterocycles. The van der Waals surface area contributed by atoms with Crippen LogP contribution >= 0.6 is 0 Å². The van der Waals surface area contributed by atoms with E-state index in [1.165, 1.54) is 6.07 Å². The maximum absolute atomic E-state index is 14.6. The number of likely N-dealkylation sites (tertiary alicyclic amines) is 1. The van der Waals surface area contributed by atoms with E-state index in [1.54, 1.807) is 17.0 Å². The van der Waals surface area contributed by atoms with Crippen molar-refractivity contribution in [1.29, 1.82) is 5.26 Å². The lowest BCUT2D eigenvalue weighted by Crippen LogP contribution is -2.41. The van der Waals surface area contributed by atoms with E-state index in [4.69, 9.17) is 14.7 Å². The highest BCUT2D eigenvalue weighted by molar-refractivity contribution is 5.68. The summed E-state index contributed by atoms with van der Waals surface area (Å²) < 4.78 is 26.4. The number of halogens is 1. The fourth-order valence-corrected chi connectivity index (χ4v) is 4.21. The highest BCUT2D eigenvalue weighted by Gasteiger charge is 2.30. The molecule has 1 unspecified atom stereocenters. The maximum atomic E-state index is 14.6. The van der Waals surface area contributed by atoms with Crippen LogP contribution in [0.3, 0.4) is 0 Å². The quantitative estimate of drug-likeness (QED) is 0.585. The SMILES string of the molecule is CC(C)(C)OC(=O)N1CCC(c2cccc3c2OC(c2ccc(C#N)cc2F)C=C3)CC1. The van der Waals surface area contributed by atoms with Crippen molar-refractivity contribution in [3.8, 4) is 11.8 Å². The number of fused-ring (bicyclic) bond motifs is 1. The molecule has 0 spiro atoms. The van der Waals surface area contributed by atoms with E-state index in [2.05, 4.69) is 6.07 Å². The van der Waals surface area contributed by atoms with Crippen LogP contribution in [0, 0.1) is 17.1 Å². The molecular formula is C26H27FN2O3. The third kappa shape index (κ3) is 4.62. The average molecular weight is 435 g/mol. The molecule has 2 aliphatic heterocycles. The Balaban J connectivity index is 1.51. The molecule has 32 heavy (non-hydrogen) atoms. The smallest absolute Gasteiger partial charge is 0.410 e. The molecule has 1 atom stereocenters. The van der Waals surface area contributed by atoms with E-state index in [1.807, 2.05) is 51.1 Å². The van der Waals surface area contributed by atoms with Crippen molar-refractivity contribution < 1.29 is 18.7 Å². The van der Waals surface area contributed by atoms with Gasteiger partial charge >= 0.3 is 6.09 Å². The highest BCUT2D eigenvalue weighted by Crippen LogP contribution is 2.42. The van der Waals surface area contributed by atoms with Gasteiger partial charge in [0, 0.05) is 24.2 Å². The molecule has 1 amide bonds. The second-order valence-electron chi connectivity index (χ2n) is 9.25. The second kappa shape index (κ2) is 8.66. The summed E-state index contributed by atoms with van der Waals surface area (Å²) in [5, 5.41) is 8.99. The Morgan fingerprint density at radius 2 is 1.94 bits per heavy atom. The molecule has 1 saturated heterocycles. The van der Waals surface area contributed by atoms with Crippen LogP contribution in [0.1, 0.15) is 67.9 Å². The molecule has 0 aromatic heterocycles. The summed E-state index contributed by atoms with van der Waals surface area (Å²) in [6, 6.07) is 12.4. The summed E-state index contributed by atoms with van der Waals surface area (Å²) in [5.74, 6) is 0.548. The zero-order chi connectivity index (χ0) is 22.9. The molecule has 5 nitrogen and oxygen atoms in total. The fraction of sp³-hybridized carbons (Fsp3) is 0.385. The van der Waals surface area contributed by atoms with Crippen molar-refractivity contribution in [2.75, 3.05) is 13.1 Å². The van der Waals surface area contributed by atoms with Crippen molar-refractivity contribution in [3.05, 3.63) is 70.5 Å². The van der Waals surface area contributed by atoms with Crippen LogP contribution < -0.4 is 4.74 Å². The van der Waals surface area contributed by atoms with Crippen molar-refractivity contribution in [2.45, 2.75) is 51.2 Å². The minimum Gasteiger partial charge on any atom is -0.481 e. The summed E-state index contributed by atoms with van der Waals surface area (Å²) in [7, 11) is 0. The number of hydrogen-bond acceptors (Lipinski definition) is 4. The van der Waals surface area contributed by atoms with E-state index in [0.29, 0.717) is 18.7 Å². The Morgan fingerprint density at radius 3 is 2.59 bits per heavy atom. The van der Waals surface area contributed by atoms with E-state index in [9.17, 15) is 9.18 Å². The van der Waals surface area contributed by atoms with Crippen LogP contribution in [0.4, 0.5) is 9.18 Å². The van der Waals surface area contributed by atoms with Crippen LogP contribution in [-0.2, 0) is 4.74 Å². The van der Waals surface area contributed by atoms with Gasteiger partial charge in [-0.05, 0) is 63.3 Å². The molecule has 0 N–H and O–H groups in total. The van der Waals surface area contributed by atoms with Gasteiger partial charge in [-0.3, -0.25) is 0 Å². The van der Waals surface area contributed by atoms with Gasteiger partial charge in [-0.1, -0.05) is 30.3 Å². The molecule has 0 saturated carbocycles. The van der Waals surface area contributed by atoms with Gasteiger partial charge in [-0.2, -0.15) is 5.26 Å². The van der Waals surface area contributed by atoms with Crippen LogP contribution in [0.15, 0.2) is 42.5 Å². The summed E-state index contributed by atoms with van der Waals surface area (Å²) >= 11 is 0. The summed E-state index contributed by atoms with van der Waals surface area (Å²) in [6.45, 7) is 6.84. The average Bonchev–Trinajstić information content (AvgIpc) is 2.77. The predicted molar refractivity (Wildman–Crippen MR) is 120 cm³/mol. The summed E-state index contributed by atoms with van der Waals surface area (Å²) in [5.41, 5.74) is 2.21. The zero-order valence-corrected chi connectivity index (χ0v) is 18.6. The molecule has 166 valence electrons. The van der Waals surface area contributed by atoms with Crippen LogP contribution in [0.25, 0.3) is 6.08 Å². The number of benzene rings is 2. The van der Waals surface area contributed by atoms with E-state index in [-0.39, 0.29) is 17.6 Å². The molecule has 2 aromatic carbocycles. The first kappa shape index (κ1) is 21.9. The standard InChI is InChI=1S/C26H27FN2O3/c1-26(2,3)32-25(30)29-13-11-18(12-14-29)20-6-4-5-19-8-10-23(31-24(19)20)21-9-7-17(16-28)15-22(21)27/h4-10,15,18,23H,11-14H2,1-3H3. The first-order chi connectivity index (χ1) is 15.2. The lowest BCUT2D eigenvalue weighted by molar-refractivity contribution is 0.0204. The highest BCUT2D eigenvalue weighted by atomic mass is 19.1. The lowest BCUT2D eigenvalue weighted by atomic mass is 9.87. The minimum absolute atomic E-state index is 0.238. The third-order valence-electron chi connectivity index (χ3n) is 5.79. The Morgan fingerprint density at radius 1 is 1.19 bits per heavy atom. The van der Waals surface area contributed by atoms with Crippen molar-refractivity contribution in [1.82, 2.24) is 4.90 Å². The Kier molecular flexibility index (Phi) is 5.92. The third-order valence-corrected chi connectivity index (χ3v) is 5.79. The second-order valence-corrected chi connectivity index (χ2v) is 9.25. The number of amides is 1. The number of hydrogen-bond donors (Lipinski definition) is 0. The van der Waals surface area contributed by atoms with Crippen LogP contribution in [-0.4, -0.2) is 29.7 Å². The topological polar surface area (TPSA) is 62.6 Å². The van der Waals surface area contributed by atoms with Crippen LogP contribution in [0.5, 0.6) is 5.75 Å². The first-order valence-electron chi connectivity index (χ1n) is 10.9. The first-order valence-corrected chi connectivity index (χ1v) is 10.9. The largest absolute Gasteiger partial charge is 0.481 e. The normalized spacial score (nSPS) is 18.5. The molecule has 6 heteroatoms. The maximum Gasteiger partial charge on any atom is 0.410 e. The van der Waals surface area contributed by atoms with Gasteiger partial charge in [0.2, 0.25) is 0 Å². The molecule has 2 aromatic rings. The number of nitrogens with zero attached hydrogens (tertiary/aromatic N) is 2. The summed E-state index contributed by atoms with van der Waals surface area (Å²) in [6.07, 6.45) is 4.57. The lowest BCUT2D eigenvalue weighted by Gasteiger charge is -2.35. The molecule has 1 fully saturated rings.